The molecule has 0 bridgehead atoms. The smallest absolute Gasteiger partial charge is 0.237 e. The van der Waals surface area contributed by atoms with E-state index in [9.17, 15) is 13.2 Å². The number of nitrogens with zero attached hydrogens (tertiary/aromatic N) is 2. The van der Waals surface area contributed by atoms with E-state index in [4.69, 9.17) is 0 Å². The van der Waals surface area contributed by atoms with Crippen LogP contribution in [0.1, 0.15) is 6.42 Å². The van der Waals surface area contributed by atoms with Crippen molar-refractivity contribution in [3.8, 4) is 0 Å². The van der Waals surface area contributed by atoms with Crippen molar-refractivity contribution in [1.82, 2.24) is 9.80 Å². The van der Waals surface area contributed by atoms with Gasteiger partial charge in [0.2, 0.25) is 5.91 Å². The van der Waals surface area contributed by atoms with Gasteiger partial charge < -0.3 is 4.90 Å². The van der Waals surface area contributed by atoms with Crippen molar-refractivity contribution in [2.75, 3.05) is 38.2 Å². The maximum absolute atomic E-state index is 12.1. The minimum atomic E-state index is -2.92. The maximum Gasteiger partial charge on any atom is 0.237 e. The Morgan fingerprint density at radius 1 is 1.32 bits per heavy atom. The first-order valence-corrected chi connectivity index (χ1v) is 8.12. The van der Waals surface area contributed by atoms with Crippen LogP contribution in [0, 0.1) is 0 Å². The molecule has 0 aromatic rings. The summed E-state index contributed by atoms with van der Waals surface area (Å²) in [4.78, 5) is 15.6. The third kappa shape index (κ3) is 4.80. The highest BCUT2D eigenvalue weighted by Crippen LogP contribution is 2.16. The van der Waals surface area contributed by atoms with E-state index in [-0.39, 0.29) is 30.0 Å². The Bertz CT molecular complexity index is 435. The molecule has 0 aromatic carbocycles. The maximum atomic E-state index is 12.1. The van der Waals surface area contributed by atoms with E-state index in [0.29, 0.717) is 19.5 Å². The predicted molar refractivity (Wildman–Crippen MR) is 76.7 cm³/mol. The lowest BCUT2D eigenvalue weighted by molar-refractivity contribution is -0.131. The highest BCUT2D eigenvalue weighted by atomic mass is 32.2. The summed E-state index contributed by atoms with van der Waals surface area (Å²) in [6, 6.07) is -0.0525. The van der Waals surface area contributed by atoms with Crippen LogP contribution in [0.15, 0.2) is 25.3 Å². The summed E-state index contributed by atoms with van der Waals surface area (Å²) >= 11 is 0. The second kappa shape index (κ2) is 6.86. The van der Waals surface area contributed by atoms with Crippen molar-refractivity contribution in [3.05, 3.63) is 25.3 Å². The first kappa shape index (κ1) is 15.9. The van der Waals surface area contributed by atoms with Crippen molar-refractivity contribution in [3.63, 3.8) is 0 Å². The molecule has 0 saturated carbocycles. The first-order chi connectivity index (χ1) is 8.89. The SMILES string of the molecule is C=CCN(CC=C)C(=O)CN(C)C1CCS(=O)(=O)C1. The number of sulfone groups is 1. The van der Waals surface area contributed by atoms with Crippen molar-refractivity contribution in [2.45, 2.75) is 12.5 Å². The van der Waals surface area contributed by atoms with E-state index in [1.54, 1.807) is 24.1 Å². The molecule has 1 heterocycles. The normalized spacial score (nSPS) is 21.3. The molecule has 1 fully saturated rings. The van der Waals surface area contributed by atoms with E-state index < -0.39 is 9.84 Å². The molecule has 6 heteroatoms. The predicted octanol–water partition coefficient (Wildman–Crippen LogP) is 0.306. The van der Waals surface area contributed by atoms with E-state index in [2.05, 4.69) is 13.2 Å². The number of rotatable bonds is 7. The Morgan fingerprint density at radius 2 is 1.89 bits per heavy atom. The molecule has 0 aliphatic carbocycles. The van der Waals surface area contributed by atoms with Crippen LogP contribution >= 0.6 is 0 Å². The van der Waals surface area contributed by atoms with Gasteiger partial charge in [-0.15, -0.1) is 13.2 Å². The van der Waals surface area contributed by atoms with E-state index in [1.165, 1.54) is 0 Å². The van der Waals surface area contributed by atoms with Gasteiger partial charge >= 0.3 is 0 Å². The third-order valence-corrected chi connectivity index (χ3v) is 5.02. The zero-order valence-corrected chi connectivity index (χ0v) is 12.2. The fourth-order valence-electron chi connectivity index (χ4n) is 2.16. The molecule has 0 aromatic heterocycles. The van der Waals surface area contributed by atoms with Gasteiger partial charge in [-0.3, -0.25) is 9.69 Å². The molecule has 108 valence electrons. The summed E-state index contributed by atoms with van der Waals surface area (Å²) in [5.41, 5.74) is 0. The van der Waals surface area contributed by atoms with Gasteiger partial charge in [-0.05, 0) is 13.5 Å². The average Bonchev–Trinajstić information content (AvgIpc) is 2.69. The molecule has 1 unspecified atom stereocenters. The molecule has 5 nitrogen and oxygen atoms in total. The van der Waals surface area contributed by atoms with Crippen molar-refractivity contribution < 1.29 is 13.2 Å². The Labute approximate surface area is 115 Å². The van der Waals surface area contributed by atoms with Gasteiger partial charge in [0.1, 0.15) is 0 Å². The van der Waals surface area contributed by atoms with Gasteiger partial charge in [0.05, 0.1) is 18.1 Å². The summed E-state index contributed by atoms with van der Waals surface area (Å²) in [6.45, 7) is 8.41. The van der Waals surface area contributed by atoms with Crippen molar-refractivity contribution in [1.29, 1.82) is 0 Å². The zero-order chi connectivity index (χ0) is 14.5. The van der Waals surface area contributed by atoms with Crippen molar-refractivity contribution >= 4 is 15.7 Å². The Kier molecular flexibility index (Phi) is 5.75. The Balaban J connectivity index is 2.55. The first-order valence-electron chi connectivity index (χ1n) is 6.30. The fourth-order valence-corrected chi connectivity index (χ4v) is 3.96. The number of carbonyl (C=O) groups excluding carboxylic acids is 1. The number of likely N-dealkylation sites (N-methyl/N-ethyl adjacent to an activating group) is 1. The van der Waals surface area contributed by atoms with Crippen LogP contribution in [-0.2, 0) is 14.6 Å². The molecule has 0 N–H and O–H groups in total. The molecular formula is C13H22N2O3S. The van der Waals surface area contributed by atoms with Crippen molar-refractivity contribution in [2.24, 2.45) is 0 Å². The molecule has 1 amide bonds. The van der Waals surface area contributed by atoms with Crippen LogP contribution in [-0.4, -0.2) is 68.4 Å². The molecule has 0 spiro atoms. The summed E-state index contributed by atoms with van der Waals surface area (Å²) in [6.07, 6.45) is 3.94. The van der Waals surface area contributed by atoms with Gasteiger partial charge in [-0.1, -0.05) is 12.2 Å². The van der Waals surface area contributed by atoms with Crippen LogP contribution in [0.3, 0.4) is 0 Å². The standard InChI is InChI=1S/C13H22N2O3S/c1-4-7-15(8-5-2)13(16)10-14(3)12-6-9-19(17,18)11-12/h4-5,12H,1-2,6-11H2,3H3. The van der Waals surface area contributed by atoms with Crippen LogP contribution in [0.25, 0.3) is 0 Å². The number of hydrogen-bond acceptors (Lipinski definition) is 4. The number of hydrogen-bond donors (Lipinski definition) is 0. The number of amides is 1. The van der Waals surface area contributed by atoms with Gasteiger partial charge in [-0.25, -0.2) is 8.42 Å². The monoisotopic (exact) mass is 286 g/mol. The molecular weight excluding hydrogens is 264 g/mol. The highest BCUT2D eigenvalue weighted by molar-refractivity contribution is 7.91. The summed E-state index contributed by atoms with van der Waals surface area (Å²) in [7, 11) is -1.12. The van der Waals surface area contributed by atoms with E-state index in [1.807, 2.05) is 4.90 Å². The Morgan fingerprint density at radius 3 is 2.32 bits per heavy atom. The summed E-state index contributed by atoms with van der Waals surface area (Å²) in [5, 5.41) is 0. The molecule has 1 aliphatic rings. The molecule has 1 aliphatic heterocycles. The minimum Gasteiger partial charge on any atom is -0.334 e. The molecule has 1 saturated heterocycles. The third-order valence-electron chi connectivity index (χ3n) is 3.27. The Hall–Kier alpha value is -1.14. The van der Waals surface area contributed by atoms with Crippen LogP contribution < -0.4 is 0 Å². The number of carbonyl (C=O) groups is 1. The molecule has 0 radical (unpaired) electrons. The highest BCUT2D eigenvalue weighted by Gasteiger charge is 2.31. The molecule has 1 atom stereocenters. The minimum absolute atomic E-state index is 0.0356. The van der Waals surface area contributed by atoms with Crippen LogP contribution in [0.4, 0.5) is 0 Å². The van der Waals surface area contributed by atoms with Gasteiger partial charge in [0, 0.05) is 19.1 Å². The van der Waals surface area contributed by atoms with Gasteiger partial charge in [-0.2, -0.15) is 0 Å². The van der Waals surface area contributed by atoms with Gasteiger partial charge in [0.25, 0.3) is 0 Å². The summed E-state index contributed by atoms with van der Waals surface area (Å²) < 4.78 is 22.8. The lowest BCUT2D eigenvalue weighted by Gasteiger charge is -2.26. The second-order valence-electron chi connectivity index (χ2n) is 4.85. The topological polar surface area (TPSA) is 57.7 Å². The molecule has 19 heavy (non-hydrogen) atoms. The van der Waals surface area contributed by atoms with E-state index in [0.717, 1.165) is 0 Å². The summed E-state index contributed by atoms with van der Waals surface area (Å²) in [5.74, 6) is 0.338. The quantitative estimate of drug-likeness (QED) is 0.632. The molecule has 1 rings (SSSR count). The second-order valence-corrected chi connectivity index (χ2v) is 7.08. The van der Waals surface area contributed by atoms with Gasteiger partial charge in [0.15, 0.2) is 9.84 Å². The zero-order valence-electron chi connectivity index (χ0n) is 11.4. The lowest BCUT2D eigenvalue weighted by Crippen LogP contribution is -2.43. The van der Waals surface area contributed by atoms with Crippen LogP contribution in [0.2, 0.25) is 0 Å². The largest absolute Gasteiger partial charge is 0.334 e. The van der Waals surface area contributed by atoms with E-state index >= 15 is 0 Å². The average molecular weight is 286 g/mol. The lowest BCUT2D eigenvalue weighted by atomic mass is 10.2. The fraction of sp³-hybridized carbons (Fsp3) is 0.615. The van der Waals surface area contributed by atoms with Crippen LogP contribution in [0.5, 0.6) is 0 Å².